The van der Waals surface area contributed by atoms with Gasteiger partial charge in [-0.15, -0.1) is 0 Å². The third-order valence-corrected chi connectivity index (χ3v) is 2.03. The van der Waals surface area contributed by atoms with Crippen LogP contribution in [0, 0.1) is 0 Å². The van der Waals surface area contributed by atoms with Crippen LogP contribution in [0.2, 0.25) is 0 Å². The molecule has 0 atom stereocenters. The molecule has 1 heterocycles. The molecule has 1 aromatic heterocycles. The average Bonchev–Trinajstić information content (AvgIpc) is 2.27. The van der Waals surface area contributed by atoms with E-state index in [1.54, 1.807) is 6.07 Å². The number of carboxylic acid groups (broad SMARTS) is 2. The summed E-state index contributed by atoms with van der Waals surface area (Å²) in [7, 11) is 0. The molecule has 0 saturated heterocycles. The first-order chi connectivity index (χ1) is 8.54. The second kappa shape index (κ2) is 4.58. The normalized spacial score (nSPS) is 10.0. The van der Waals surface area contributed by atoms with Gasteiger partial charge in [0.15, 0.2) is 0 Å². The summed E-state index contributed by atoms with van der Waals surface area (Å²) in [5, 5.41) is 17.5. The van der Waals surface area contributed by atoms with Crippen LogP contribution in [0.5, 0.6) is 11.6 Å². The second-order valence-electron chi connectivity index (χ2n) is 3.24. The molecule has 0 aliphatic heterocycles. The minimum absolute atomic E-state index is 0.0538. The third kappa shape index (κ3) is 2.64. The molecule has 7 nitrogen and oxygen atoms in total. The lowest BCUT2D eigenvalue weighted by atomic mass is 10.2. The van der Waals surface area contributed by atoms with E-state index in [4.69, 9.17) is 10.2 Å². The van der Waals surface area contributed by atoms with Crippen molar-refractivity contribution in [2.75, 3.05) is 0 Å². The number of hydrogen-bond acceptors (Lipinski definition) is 5. The molecule has 0 aliphatic carbocycles. The van der Waals surface area contributed by atoms with Gasteiger partial charge in [-0.25, -0.2) is 14.6 Å². The number of fused-ring (bicyclic) bond motifs is 1. The Morgan fingerprint density at radius 3 is 2.39 bits per heavy atom. The van der Waals surface area contributed by atoms with Crippen LogP contribution < -0.4 is 9.47 Å². The zero-order chi connectivity index (χ0) is 13.1. The van der Waals surface area contributed by atoms with Crippen molar-refractivity contribution in [3.63, 3.8) is 0 Å². The molecule has 2 N–H and O–H groups in total. The van der Waals surface area contributed by atoms with Gasteiger partial charge in [0, 0.05) is 11.5 Å². The first kappa shape index (κ1) is 11.6. The van der Waals surface area contributed by atoms with Crippen molar-refractivity contribution in [1.29, 1.82) is 0 Å². The fourth-order valence-electron chi connectivity index (χ4n) is 1.40. The minimum Gasteiger partial charge on any atom is -0.449 e. The van der Waals surface area contributed by atoms with E-state index in [0.29, 0.717) is 10.9 Å². The summed E-state index contributed by atoms with van der Waals surface area (Å²) in [4.78, 5) is 24.6. The highest BCUT2D eigenvalue weighted by Crippen LogP contribution is 2.22. The van der Waals surface area contributed by atoms with E-state index in [0.717, 1.165) is 0 Å². The number of nitrogens with zero attached hydrogens (tertiary/aromatic N) is 1. The minimum atomic E-state index is -1.45. The molecule has 2 rings (SSSR count). The van der Waals surface area contributed by atoms with Gasteiger partial charge in [0.25, 0.3) is 0 Å². The average molecular weight is 249 g/mol. The fourth-order valence-corrected chi connectivity index (χ4v) is 1.40. The van der Waals surface area contributed by atoms with E-state index < -0.39 is 12.3 Å². The third-order valence-electron chi connectivity index (χ3n) is 2.03. The summed E-state index contributed by atoms with van der Waals surface area (Å²) < 4.78 is 8.88. The van der Waals surface area contributed by atoms with Gasteiger partial charge in [0.05, 0.1) is 5.52 Å². The summed E-state index contributed by atoms with van der Waals surface area (Å²) in [6.07, 6.45) is -2.86. The Kier molecular flexibility index (Phi) is 2.96. The predicted octanol–water partition coefficient (Wildman–Crippen LogP) is 2.35. The van der Waals surface area contributed by atoms with Crippen LogP contribution in [0.25, 0.3) is 10.9 Å². The number of rotatable bonds is 2. The number of carbonyl (C=O) groups is 2. The Morgan fingerprint density at radius 1 is 1.00 bits per heavy atom. The molecule has 1 aromatic carbocycles. The first-order valence-corrected chi connectivity index (χ1v) is 4.77. The van der Waals surface area contributed by atoms with Crippen molar-refractivity contribution in [3.8, 4) is 11.6 Å². The number of pyridine rings is 1. The fraction of sp³-hybridized carbons (Fsp3) is 0. The van der Waals surface area contributed by atoms with Gasteiger partial charge in [-0.2, -0.15) is 0 Å². The Morgan fingerprint density at radius 2 is 1.72 bits per heavy atom. The zero-order valence-corrected chi connectivity index (χ0v) is 8.86. The Labute approximate surface area is 100 Å². The molecule has 0 amide bonds. The maximum absolute atomic E-state index is 10.4. The topological polar surface area (TPSA) is 106 Å². The highest BCUT2D eigenvalue weighted by Gasteiger charge is 2.06. The summed E-state index contributed by atoms with van der Waals surface area (Å²) in [6, 6.07) is 7.30. The molecule has 0 fully saturated rings. The summed E-state index contributed by atoms with van der Waals surface area (Å²) in [5.74, 6) is 0.102. The molecular formula is C11H7NO6. The molecule has 0 saturated carbocycles. The van der Waals surface area contributed by atoms with Crippen LogP contribution in [-0.2, 0) is 0 Å². The predicted molar refractivity (Wildman–Crippen MR) is 59.0 cm³/mol. The van der Waals surface area contributed by atoms with Crippen LogP contribution in [0.1, 0.15) is 0 Å². The smallest absolute Gasteiger partial charge is 0.449 e. The van der Waals surface area contributed by atoms with E-state index in [1.807, 2.05) is 0 Å². The van der Waals surface area contributed by atoms with E-state index in [1.165, 1.54) is 24.3 Å². The van der Waals surface area contributed by atoms with Crippen LogP contribution in [0.3, 0.4) is 0 Å². The summed E-state index contributed by atoms with van der Waals surface area (Å²) >= 11 is 0. The highest BCUT2D eigenvalue weighted by atomic mass is 16.7. The first-order valence-electron chi connectivity index (χ1n) is 4.77. The van der Waals surface area contributed by atoms with Crippen molar-refractivity contribution in [1.82, 2.24) is 4.98 Å². The molecule has 0 bridgehead atoms. The van der Waals surface area contributed by atoms with Crippen molar-refractivity contribution >= 4 is 23.2 Å². The lowest BCUT2D eigenvalue weighted by Gasteiger charge is -2.03. The molecule has 18 heavy (non-hydrogen) atoms. The van der Waals surface area contributed by atoms with E-state index in [2.05, 4.69) is 14.5 Å². The molecular weight excluding hydrogens is 242 g/mol. The second-order valence-corrected chi connectivity index (χ2v) is 3.24. The lowest BCUT2D eigenvalue weighted by Crippen LogP contribution is -2.04. The van der Waals surface area contributed by atoms with Gasteiger partial charge in [0.1, 0.15) is 5.75 Å². The van der Waals surface area contributed by atoms with Crippen molar-refractivity contribution < 1.29 is 29.3 Å². The molecule has 2 aromatic rings. The van der Waals surface area contributed by atoms with Crippen molar-refractivity contribution in [2.45, 2.75) is 0 Å². The van der Waals surface area contributed by atoms with Crippen molar-refractivity contribution in [2.24, 2.45) is 0 Å². The Bertz CT molecular complexity index is 569. The highest BCUT2D eigenvalue weighted by molar-refractivity contribution is 5.81. The maximum Gasteiger partial charge on any atom is 0.512 e. The van der Waals surface area contributed by atoms with Gasteiger partial charge < -0.3 is 19.7 Å². The van der Waals surface area contributed by atoms with E-state index in [-0.39, 0.29) is 11.6 Å². The van der Waals surface area contributed by atoms with Crippen LogP contribution in [0.15, 0.2) is 30.3 Å². The molecule has 92 valence electrons. The molecule has 0 spiro atoms. The van der Waals surface area contributed by atoms with Crippen molar-refractivity contribution in [3.05, 3.63) is 30.3 Å². The standard InChI is InChI=1S/C11H7NO6/c13-10(14)17-7-2-3-8-6(5-7)1-4-9(12-8)18-11(15)16/h1-5H,(H,13,14)(H,15,16). The SMILES string of the molecule is O=C(O)Oc1ccc2nc(OC(=O)O)ccc2c1. The van der Waals surface area contributed by atoms with Crippen LogP contribution >= 0.6 is 0 Å². The number of hydrogen-bond donors (Lipinski definition) is 2. The van der Waals surface area contributed by atoms with Gasteiger partial charge in [-0.3, -0.25) is 0 Å². The monoisotopic (exact) mass is 249 g/mol. The summed E-state index contributed by atoms with van der Waals surface area (Å²) in [5.41, 5.74) is 0.464. The lowest BCUT2D eigenvalue weighted by molar-refractivity contribution is 0.141. The van der Waals surface area contributed by atoms with Crippen LogP contribution in [0.4, 0.5) is 9.59 Å². The van der Waals surface area contributed by atoms with Crippen LogP contribution in [-0.4, -0.2) is 27.5 Å². The van der Waals surface area contributed by atoms with Gasteiger partial charge in [-0.1, -0.05) is 0 Å². The van der Waals surface area contributed by atoms with Gasteiger partial charge in [-0.05, 0) is 24.3 Å². The molecule has 0 unspecified atom stereocenters. The number of ether oxygens (including phenoxy) is 2. The van der Waals surface area contributed by atoms with E-state index in [9.17, 15) is 9.59 Å². The quantitative estimate of drug-likeness (QED) is 0.621. The van der Waals surface area contributed by atoms with E-state index >= 15 is 0 Å². The molecule has 0 aliphatic rings. The van der Waals surface area contributed by atoms with Gasteiger partial charge in [0.2, 0.25) is 5.88 Å². The zero-order valence-electron chi connectivity index (χ0n) is 8.86. The molecule has 7 heteroatoms. The molecule has 0 radical (unpaired) electrons. The van der Waals surface area contributed by atoms with Gasteiger partial charge >= 0.3 is 12.3 Å². The largest absolute Gasteiger partial charge is 0.512 e. The maximum atomic E-state index is 10.4. The Balaban J connectivity index is 2.35. The number of aromatic nitrogens is 1. The summed E-state index contributed by atoms with van der Waals surface area (Å²) in [6.45, 7) is 0. The Hall–Kier alpha value is -2.83. The number of benzene rings is 1.